The fourth-order valence-corrected chi connectivity index (χ4v) is 5.42. The summed E-state index contributed by atoms with van der Waals surface area (Å²) >= 11 is 2.86. The highest BCUT2D eigenvalue weighted by atomic mass is 32.2. The van der Waals surface area contributed by atoms with Crippen LogP contribution in [0.3, 0.4) is 0 Å². The third-order valence-electron chi connectivity index (χ3n) is 5.76. The highest BCUT2D eigenvalue weighted by molar-refractivity contribution is 8.00. The van der Waals surface area contributed by atoms with Crippen LogP contribution in [0.5, 0.6) is 5.75 Å². The Kier molecular flexibility index (Phi) is 10.1. The van der Waals surface area contributed by atoms with Crippen LogP contribution in [0.4, 0.5) is 11.4 Å². The second-order valence-electron chi connectivity index (χ2n) is 8.58. The van der Waals surface area contributed by atoms with Crippen molar-refractivity contribution < 1.29 is 19.1 Å². The zero-order chi connectivity index (χ0) is 28.3. The number of rotatable bonds is 11. The third kappa shape index (κ3) is 7.84. The largest absolute Gasteiger partial charge is 0.495 e. The molecular weight excluding hydrogens is 542 g/mol. The topological polar surface area (TPSA) is 96.5 Å². The van der Waals surface area contributed by atoms with Gasteiger partial charge in [0.05, 0.1) is 18.0 Å². The summed E-state index contributed by atoms with van der Waals surface area (Å²) in [6, 6.07) is 27.0. The fraction of sp³-hybridized carbons (Fsp3) is 0.129. The highest BCUT2D eigenvalue weighted by Gasteiger charge is 2.20. The smallest absolute Gasteiger partial charge is 0.272 e. The number of hydrogen-bond donors (Lipinski definition) is 3. The maximum atomic E-state index is 13.3. The van der Waals surface area contributed by atoms with E-state index in [1.54, 1.807) is 55.7 Å². The molecule has 40 heavy (non-hydrogen) atoms. The van der Waals surface area contributed by atoms with Crippen LogP contribution in [0.1, 0.15) is 28.6 Å². The number of methoxy groups -OCH3 is 1. The number of anilines is 2. The second-order valence-corrected chi connectivity index (χ2v) is 10.8. The first-order valence-corrected chi connectivity index (χ1v) is 14.4. The van der Waals surface area contributed by atoms with Crippen LogP contribution in [0, 0.1) is 0 Å². The Morgan fingerprint density at radius 1 is 0.925 bits per heavy atom. The molecule has 4 aromatic rings. The van der Waals surface area contributed by atoms with Gasteiger partial charge in [0.1, 0.15) is 11.4 Å². The quantitative estimate of drug-likeness (QED) is 0.138. The molecule has 0 saturated heterocycles. The number of ether oxygens (including phenoxy) is 1. The highest BCUT2D eigenvalue weighted by Crippen LogP contribution is 2.30. The molecule has 0 bridgehead atoms. The molecule has 3 aromatic carbocycles. The van der Waals surface area contributed by atoms with Crippen molar-refractivity contribution in [2.24, 2.45) is 0 Å². The normalized spacial score (nSPS) is 11.8. The molecule has 9 heteroatoms. The molecule has 3 N–H and O–H groups in total. The summed E-state index contributed by atoms with van der Waals surface area (Å²) in [6.45, 7) is 1.95. The maximum absolute atomic E-state index is 13.3. The Morgan fingerprint density at radius 3 is 2.42 bits per heavy atom. The summed E-state index contributed by atoms with van der Waals surface area (Å²) in [5, 5.41) is 10.1. The number of benzene rings is 3. The number of nitrogens with one attached hydrogen (secondary N) is 3. The van der Waals surface area contributed by atoms with E-state index in [1.807, 2.05) is 60.8 Å². The molecule has 0 aliphatic carbocycles. The van der Waals surface area contributed by atoms with Crippen molar-refractivity contribution in [1.29, 1.82) is 0 Å². The van der Waals surface area contributed by atoms with E-state index in [0.29, 0.717) is 29.1 Å². The van der Waals surface area contributed by atoms with Crippen LogP contribution < -0.4 is 20.7 Å². The Balaban J connectivity index is 1.47. The van der Waals surface area contributed by atoms with Gasteiger partial charge in [-0.25, -0.2) is 0 Å². The van der Waals surface area contributed by atoms with Crippen molar-refractivity contribution >= 4 is 58.3 Å². The number of carbonyl (C=O) groups is 3. The average molecular weight is 572 g/mol. The van der Waals surface area contributed by atoms with Crippen molar-refractivity contribution in [3.8, 4) is 5.75 Å². The molecular formula is C31H29N3O4S2. The van der Waals surface area contributed by atoms with Gasteiger partial charge in [0, 0.05) is 21.0 Å². The maximum Gasteiger partial charge on any atom is 0.272 e. The number of thioether (sulfide) groups is 1. The van der Waals surface area contributed by atoms with Gasteiger partial charge in [-0.2, -0.15) is 0 Å². The summed E-state index contributed by atoms with van der Waals surface area (Å²) in [6.07, 6.45) is 2.25. The van der Waals surface area contributed by atoms with Gasteiger partial charge in [0.25, 0.3) is 11.8 Å². The number of carbonyl (C=O) groups excluding carboxylic acids is 3. The summed E-state index contributed by atoms with van der Waals surface area (Å²) in [5.41, 5.74) is 1.72. The van der Waals surface area contributed by atoms with Crippen molar-refractivity contribution in [3.05, 3.63) is 113 Å². The Hall–Kier alpha value is -4.34. The molecule has 1 aromatic heterocycles. The van der Waals surface area contributed by atoms with E-state index in [4.69, 9.17) is 4.74 Å². The van der Waals surface area contributed by atoms with E-state index < -0.39 is 5.91 Å². The Bertz CT molecular complexity index is 1490. The number of amides is 3. The van der Waals surface area contributed by atoms with Crippen molar-refractivity contribution in [2.75, 3.05) is 17.7 Å². The molecule has 0 radical (unpaired) electrons. The van der Waals surface area contributed by atoms with Gasteiger partial charge in [-0.05, 0) is 66.4 Å². The summed E-state index contributed by atoms with van der Waals surface area (Å²) in [5.74, 6) is -0.391. The summed E-state index contributed by atoms with van der Waals surface area (Å²) in [4.78, 5) is 40.8. The minimum absolute atomic E-state index is 0.122. The minimum atomic E-state index is -0.458. The molecule has 1 unspecified atom stereocenters. The molecule has 1 atom stereocenters. The Morgan fingerprint density at radius 2 is 1.70 bits per heavy atom. The zero-order valence-electron chi connectivity index (χ0n) is 22.0. The summed E-state index contributed by atoms with van der Waals surface area (Å²) < 4.78 is 5.34. The lowest BCUT2D eigenvalue weighted by Crippen LogP contribution is -2.30. The zero-order valence-corrected chi connectivity index (χ0v) is 23.7. The first-order chi connectivity index (χ1) is 19.5. The third-order valence-corrected chi connectivity index (χ3v) is 7.93. The van der Waals surface area contributed by atoms with Gasteiger partial charge in [0.15, 0.2) is 0 Å². The lowest BCUT2D eigenvalue weighted by atomic mass is 10.2. The molecule has 0 aliphatic heterocycles. The number of thiophene rings is 1. The van der Waals surface area contributed by atoms with Crippen LogP contribution in [0.2, 0.25) is 0 Å². The number of para-hydroxylation sites is 2. The molecule has 0 saturated carbocycles. The molecule has 0 aliphatic rings. The molecule has 204 valence electrons. The first kappa shape index (κ1) is 28.7. The van der Waals surface area contributed by atoms with E-state index in [0.717, 1.165) is 9.77 Å². The fourth-order valence-electron chi connectivity index (χ4n) is 3.75. The monoisotopic (exact) mass is 571 g/mol. The summed E-state index contributed by atoms with van der Waals surface area (Å²) in [7, 11) is 1.56. The van der Waals surface area contributed by atoms with Gasteiger partial charge in [-0.3, -0.25) is 14.4 Å². The lowest BCUT2D eigenvalue weighted by molar-refractivity contribution is -0.116. The van der Waals surface area contributed by atoms with Gasteiger partial charge in [0.2, 0.25) is 5.91 Å². The standard InChI is InChI=1S/C31H29N3O4S2/c1-3-28(31(37)33-25-16-7-8-17-27(25)38-2)40-24-14-9-13-22(19-24)32-30(36)26(20-23-15-10-18-39-23)34-29(35)21-11-5-4-6-12-21/h4-20,28H,3H2,1-2H3,(H,32,36)(H,33,37)(H,34,35)/b26-20-. The van der Waals surface area contributed by atoms with Gasteiger partial charge < -0.3 is 20.7 Å². The predicted octanol–water partition coefficient (Wildman–Crippen LogP) is 6.68. The second kappa shape index (κ2) is 14.2. The molecule has 0 fully saturated rings. The van der Waals surface area contributed by atoms with E-state index in [1.165, 1.54) is 23.1 Å². The van der Waals surface area contributed by atoms with E-state index in [9.17, 15) is 14.4 Å². The molecule has 4 rings (SSSR count). The Labute approximate surface area is 241 Å². The van der Waals surface area contributed by atoms with Crippen LogP contribution in [-0.4, -0.2) is 30.1 Å². The minimum Gasteiger partial charge on any atom is -0.495 e. The van der Waals surface area contributed by atoms with Gasteiger partial charge >= 0.3 is 0 Å². The number of hydrogen-bond acceptors (Lipinski definition) is 6. The predicted molar refractivity (Wildman–Crippen MR) is 163 cm³/mol. The van der Waals surface area contributed by atoms with Gasteiger partial charge in [-0.1, -0.05) is 49.4 Å². The average Bonchev–Trinajstić information content (AvgIpc) is 3.49. The van der Waals surface area contributed by atoms with Crippen LogP contribution >= 0.6 is 23.1 Å². The van der Waals surface area contributed by atoms with E-state index >= 15 is 0 Å². The van der Waals surface area contributed by atoms with E-state index in [-0.39, 0.29) is 22.8 Å². The van der Waals surface area contributed by atoms with Crippen molar-refractivity contribution in [3.63, 3.8) is 0 Å². The first-order valence-electron chi connectivity index (χ1n) is 12.6. The van der Waals surface area contributed by atoms with Crippen LogP contribution in [0.15, 0.2) is 107 Å². The van der Waals surface area contributed by atoms with Crippen molar-refractivity contribution in [1.82, 2.24) is 5.32 Å². The van der Waals surface area contributed by atoms with Crippen molar-refractivity contribution in [2.45, 2.75) is 23.5 Å². The molecule has 3 amide bonds. The molecule has 7 nitrogen and oxygen atoms in total. The molecule has 0 spiro atoms. The van der Waals surface area contributed by atoms with Gasteiger partial charge in [-0.15, -0.1) is 23.1 Å². The van der Waals surface area contributed by atoms with E-state index in [2.05, 4.69) is 16.0 Å². The lowest BCUT2D eigenvalue weighted by Gasteiger charge is -2.17. The van der Waals surface area contributed by atoms with Crippen LogP contribution in [-0.2, 0) is 9.59 Å². The molecule has 1 heterocycles. The SMILES string of the molecule is CCC(Sc1cccc(NC(=O)/C(=C/c2cccs2)NC(=O)c2ccccc2)c1)C(=O)Nc1ccccc1OC. The van der Waals surface area contributed by atoms with Crippen LogP contribution in [0.25, 0.3) is 6.08 Å².